The van der Waals surface area contributed by atoms with E-state index in [9.17, 15) is 0 Å². The van der Waals surface area contributed by atoms with Gasteiger partial charge >= 0.3 is 0 Å². The Kier molecular flexibility index (Phi) is 2.62. The topological polar surface area (TPSA) is 41.8 Å². The summed E-state index contributed by atoms with van der Waals surface area (Å²) in [5, 5.41) is 12.3. The minimum atomic E-state index is 0.689. The summed E-state index contributed by atoms with van der Waals surface area (Å²) in [5.41, 5.74) is 4.05. The molecule has 0 bridgehead atoms. The van der Waals surface area contributed by atoms with Crippen LogP contribution in [0.2, 0.25) is 0 Å². The molecule has 0 radical (unpaired) electrons. The number of nitrogens with zero attached hydrogens (tertiary/aromatic N) is 1. The van der Waals surface area contributed by atoms with Gasteiger partial charge < -0.3 is 9.94 Å². The molecule has 0 saturated carbocycles. The molecular formula is C12H15NO2. The minimum Gasteiger partial charge on any atom is -0.493 e. The number of fused-ring (bicyclic) bond motifs is 1. The molecule has 0 aliphatic carbocycles. The van der Waals surface area contributed by atoms with Gasteiger partial charge in [0.1, 0.15) is 5.75 Å². The van der Waals surface area contributed by atoms with Crippen molar-refractivity contribution in [3.8, 4) is 5.75 Å². The fourth-order valence-corrected chi connectivity index (χ4v) is 1.79. The van der Waals surface area contributed by atoms with Crippen molar-refractivity contribution < 1.29 is 9.94 Å². The fraction of sp³-hybridized carbons (Fsp3) is 0.417. The predicted molar refractivity (Wildman–Crippen MR) is 59.0 cm³/mol. The number of ether oxygens (including phenoxy) is 1. The van der Waals surface area contributed by atoms with E-state index in [1.165, 1.54) is 11.1 Å². The second kappa shape index (κ2) is 3.93. The molecule has 1 aromatic rings. The van der Waals surface area contributed by atoms with Crippen LogP contribution < -0.4 is 4.74 Å². The van der Waals surface area contributed by atoms with Gasteiger partial charge in [0.25, 0.3) is 0 Å². The van der Waals surface area contributed by atoms with Gasteiger partial charge in [0, 0.05) is 5.56 Å². The first kappa shape index (κ1) is 10.0. The highest BCUT2D eigenvalue weighted by Crippen LogP contribution is 2.27. The van der Waals surface area contributed by atoms with Crippen LogP contribution in [0.4, 0.5) is 0 Å². The Balaban J connectivity index is 2.56. The average Bonchev–Trinajstić information content (AvgIpc) is 2.41. The summed E-state index contributed by atoms with van der Waals surface area (Å²) in [4.78, 5) is 0. The molecule has 15 heavy (non-hydrogen) atoms. The maximum atomic E-state index is 8.96. The van der Waals surface area contributed by atoms with Gasteiger partial charge in [0.15, 0.2) is 0 Å². The lowest BCUT2D eigenvalue weighted by atomic mass is 10.0. The van der Waals surface area contributed by atoms with Gasteiger partial charge in [-0.3, -0.25) is 0 Å². The van der Waals surface area contributed by atoms with Crippen molar-refractivity contribution in [3.05, 3.63) is 28.8 Å². The number of hydrogen-bond donors (Lipinski definition) is 1. The van der Waals surface area contributed by atoms with E-state index in [1.807, 2.05) is 12.1 Å². The Hall–Kier alpha value is -1.51. The number of benzene rings is 1. The van der Waals surface area contributed by atoms with Gasteiger partial charge in [-0.15, -0.1) is 0 Å². The highest BCUT2D eigenvalue weighted by Gasteiger charge is 2.16. The van der Waals surface area contributed by atoms with Crippen molar-refractivity contribution in [3.63, 3.8) is 0 Å². The summed E-state index contributed by atoms with van der Waals surface area (Å²) >= 11 is 0. The molecule has 0 atom stereocenters. The van der Waals surface area contributed by atoms with E-state index < -0.39 is 0 Å². The van der Waals surface area contributed by atoms with E-state index in [0.29, 0.717) is 6.61 Å². The van der Waals surface area contributed by atoms with Gasteiger partial charge in [-0.05, 0) is 49.9 Å². The van der Waals surface area contributed by atoms with Crippen molar-refractivity contribution >= 4 is 5.71 Å². The highest BCUT2D eigenvalue weighted by molar-refractivity contribution is 6.03. The number of rotatable bonds is 0. The summed E-state index contributed by atoms with van der Waals surface area (Å²) in [6.45, 7) is 4.80. The third kappa shape index (κ3) is 1.82. The number of hydrogen-bond acceptors (Lipinski definition) is 3. The van der Waals surface area contributed by atoms with Gasteiger partial charge in [-0.25, -0.2) is 0 Å². The van der Waals surface area contributed by atoms with E-state index in [-0.39, 0.29) is 0 Å². The average molecular weight is 205 g/mol. The summed E-state index contributed by atoms with van der Waals surface area (Å²) in [5.74, 6) is 0.836. The zero-order valence-electron chi connectivity index (χ0n) is 9.08. The van der Waals surface area contributed by atoms with Gasteiger partial charge in [-0.2, -0.15) is 0 Å². The van der Waals surface area contributed by atoms with Crippen LogP contribution in [0.3, 0.4) is 0 Å². The van der Waals surface area contributed by atoms with E-state index in [1.54, 1.807) is 0 Å². The van der Waals surface area contributed by atoms with Crippen molar-refractivity contribution in [2.45, 2.75) is 26.7 Å². The van der Waals surface area contributed by atoms with Crippen molar-refractivity contribution in [2.75, 3.05) is 6.61 Å². The molecule has 3 nitrogen and oxygen atoms in total. The maximum Gasteiger partial charge on any atom is 0.128 e. The molecule has 0 amide bonds. The van der Waals surface area contributed by atoms with Crippen molar-refractivity contribution in [1.82, 2.24) is 0 Å². The molecule has 1 aliphatic heterocycles. The molecule has 3 heteroatoms. The predicted octanol–water partition coefficient (Wildman–Crippen LogP) is 2.65. The standard InChI is InChI=1S/C12H15NO2/c1-8-6-10-11(13-14)4-3-5-15-12(10)7-9(8)2/h6-7,14H,3-5H2,1-2H3/b13-11+. The third-order valence-corrected chi connectivity index (χ3v) is 2.84. The van der Waals surface area contributed by atoms with Crippen LogP contribution in [-0.4, -0.2) is 17.5 Å². The Labute approximate surface area is 89.4 Å². The van der Waals surface area contributed by atoms with Crippen LogP contribution in [0, 0.1) is 13.8 Å². The molecule has 2 rings (SSSR count). The van der Waals surface area contributed by atoms with Crippen LogP contribution in [0.5, 0.6) is 5.75 Å². The molecule has 1 N–H and O–H groups in total. The summed E-state index contributed by atoms with van der Waals surface area (Å²) in [6.07, 6.45) is 1.66. The molecule has 1 aliphatic rings. The molecule has 80 valence electrons. The zero-order chi connectivity index (χ0) is 10.8. The summed E-state index contributed by atoms with van der Waals surface area (Å²) < 4.78 is 5.62. The maximum absolute atomic E-state index is 8.96. The largest absolute Gasteiger partial charge is 0.493 e. The molecular weight excluding hydrogens is 190 g/mol. The SMILES string of the molecule is Cc1cc2c(cc1C)/C(=N/O)CCCO2. The Morgan fingerprint density at radius 3 is 2.73 bits per heavy atom. The lowest BCUT2D eigenvalue weighted by molar-refractivity contribution is 0.314. The third-order valence-electron chi connectivity index (χ3n) is 2.84. The Bertz CT molecular complexity index is 410. The summed E-state index contributed by atoms with van der Waals surface area (Å²) in [6, 6.07) is 4.05. The monoisotopic (exact) mass is 205 g/mol. The number of oxime groups is 1. The Morgan fingerprint density at radius 1 is 1.27 bits per heavy atom. The van der Waals surface area contributed by atoms with Crippen LogP contribution in [0.1, 0.15) is 29.5 Å². The van der Waals surface area contributed by atoms with E-state index in [4.69, 9.17) is 9.94 Å². The van der Waals surface area contributed by atoms with Crippen LogP contribution >= 0.6 is 0 Å². The lowest BCUT2D eigenvalue weighted by Gasteiger charge is -2.10. The van der Waals surface area contributed by atoms with Crippen LogP contribution in [-0.2, 0) is 0 Å². The van der Waals surface area contributed by atoms with Crippen molar-refractivity contribution in [2.24, 2.45) is 5.16 Å². The Morgan fingerprint density at radius 2 is 2.00 bits per heavy atom. The van der Waals surface area contributed by atoms with E-state index >= 15 is 0 Å². The minimum absolute atomic E-state index is 0.689. The first-order valence-corrected chi connectivity index (χ1v) is 5.17. The first-order valence-electron chi connectivity index (χ1n) is 5.17. The molecule has 0 spiro atoms. The normalized spacial score (nSPS) is 18.1. The highest BCUT2D eigenvalue weighted by atomic mass is 16.5. The fourth-order valence-electron chi connectivity index (χ4n) is 1.79. The van der Waals surface area contributed by atoms with Crippen LogP contribution in [0.15, 0.2) is 17.3 Å². The second-order valence-electron chi connectivity index (χ2n) is 3.93. The molecule has 0 unspecified atom stereocenters. The summed E-state index contributed by atoms with van der Waals surface area (Å²) in [7, 11) is 0. The quantitative estimate of drug-likeness (QED) is 0.522. The van der Waals surface area contributed by atoms with Crippen molar-refractivity contribution in [1.29, 1.82) is 0 Å². The first-order chi connectivity index (χ1) is 7.22. The van der Waals surface area contributed by atoms with Gasteiger partial charge in [0.2, 0.25) is 0 Å². The molecule has 0 saturated heterocycles. The van der Waals surface area contributed by atoms with Crippen LogP contribution in [0.25, 0.3) is 0 Å². The molecule has 1 heterocycles. The van der Waals surface area contributed by atoms with Gasteiger partial charge in [0.05, 0.1) is 12.3 Å². The van der Waals surface area contributed by atoms with E-state index in [0.717, 1.165) is 29.9 Å². The number of aryl methyl sites for hydroxylation is 2. The molecule has 0 aromatic heterocycles. The molecule has 1 aromatic carbocycles. The smallest absolute Gasteiger partial charge is 0.128 e. The lowest BCUT2D eigenvalue weighted by Crippen LogP contribution is -2.01. The van der Waals surface area contributed by atoms with E-state index in [2.05, 4.69) is 19.0 Å². The van der Waals surface area contributed by atoms with Gasteiger partial charge in [-0.1, -0.05) is 5.16 Å². The molecule has 0 fully saturated rings. The zero-order valence-corrected chi connectivity index (χ0v) is 9.08. The second-order valence-corrected chi connectivity index (χ2v) is 3.93.